The lowest BCUT2D eigenvalue weighted by atomic mass is 10.1. The summed E-state index contributed by atoms with van der Waals surface area (Å²) >= 11 is 7.12. The predicted molar refractivity (Wildman–Crippen MR) is 93.6 cm³/mol. The Morgan fingerprint density at radius 3 is 3.14 bits per heavy atom. The number of nitrogens with one attached hydrogen (secondary N) is 2. The van der Waals surface area contributed by atoms with Crippen LogP contribution in [0.2, 0.25) is 0 Å². The molecule has 0 saturated carbocycles. The number of hydrogen-bond acceptors (Lipinski definition) is 5. The lowest BCUT2D eigenvalue weighted by Gasteiger charge is -2.22. The average molecular weight is 356 g/mol. The molecule has 2 atom stereocenters. The summed E-state index contributed by atoms with van der Waals surface area (Å²) in [5, 5.41) is 4.33. The van der Waals surface area contributed by atoms with Crippen LogP contribution in [0.25, 0.3) is 10.9 Å². The van der Waals surface area contributed by atoms with Gasteiger partial charge in [-0.15, -0.1) is 0 Å². The number of aromatic nitrogens is 1. The number of methoxy groups -OCH3 is 1. The summed E-state index contributed by atoms with van der Waals surface area (Å²) in [5.74, 6) is 0.552. The first kappa shape index (κ1) is 16.0. The number of fused-ring (bicyclic) bond motifs is 1. The molecule has 2 aromatic rings. The molecule has 2 heterocycles. The lowest BCUT2D eigenvalue weighted by Crippen LogP contribution is -2.36. The number of esters is 1. The van der Waals surface area contributed by atoms with Crippen LogP contribution in [0.3, 0.4) is 0 Å². The van der Waals surface area contributed by atoms with Gasteiger partial charge in [0.2, 0.25) is 0 Å². The molecule has 0 spiro atoms. The molecule has 1 fully saturated rings. The average Bonchev–Trinajstić information content (AvgIpc) is 3.13. The minimum absolute atomic E-state index is 0.314. The van der Waals surface area contributed by atoms with Crippen molar-refractivity contribution in [2.24, 2.45) is 0 Å². The van der Waals surface area contributed by atoms with Crippen LogP contribution in [0, 0.1) is 0 Å². The number of aromatic amines is 1. The topological polar surface area (TPSA) is 63.4 Å². The van der Waals surface area contributed by atoms with Crippen molar-refractivity contribution in [2.75, 3.05) is 19.5 Å². The van der Waals surface area contributed by atoms with E-state index in [9.17, 15) is 4.79 Å². The van der Waals surface area contributed by atoms with Gasteiger partial charge in [-0.3, -0.25) is 4.79 Å². The summed E-state index contributed by atoms with van der Waals surface area (Å²) in [7, 11) is 1.39. The van der Waals surface area contributed by atoms with Crippen molar-refractivity contribution >= 4 is 45.7 Å². The number of ether oxygens (including phenoxy) is 1. The maximum absolute atomic E-state index is 12.1. The third-order valence-corrected chi connectivity index (χ3v) is 9.13. The summed E-state index contributed by atoms with van der Waals surface area (Å²) in [6, 6.07) is 7.51. The zero-order valence-corrected chi connectivity index (χ0v) is 14.6. The van der Waals surface area contributed by atoms with Crippen molar-refractivity contribution in [2.45, 2.75) is 12.5 Å². The molecule has 1 aromatic carbocycles. The molecule has 22 heavy (non-hydrogen) atoms. The first-order valence-corrected chi connectivity index (χ1v) is 11.2. The number of benzene rings is 1. The van der Waals surface area contributed by atoms with Crippen LogP contribution in [0.5, 0.6) is 0 Å². The van der Waals surface area contributed by atoms with Crippen molar-refractivity contribution < 1.29 is 14.1 Å². The van der Waals surface area contributed by atoms with Gasteiger partial charge in [-0.25, -0.2) is 5.09 Å². The minimum Gasteiger partial charge on any atom is -0.468 e. The van der Waals surface area contributed by atoms with Crippen molar-refractivity contribution in [3.8, 4) is 0 Å². The molecule has 1 saturated heterocycles. The molecule has 1 unspecified atom stereocenters. The van der Waals surface area contributed by atoms with Crippen LogP contribution in [0.1, 0.15) is 5.56 Å². The lowest BCUT2D eigenvalue weighted by molar-refractivity contribution is -0.142. The second-order valence-electron chi connectivity index (χ2n) is 4.93. The zero-order chi connectivity index (χ0) is 15.6. The molecule has 118 valence electrons. The number of carbonyl (C=O) groups excluding carboxylic acids is 1. The number of carbonyl (C=O) groups is 1. The second-order valence-corrected chi connectivity index (χ2v) is 11.7. The summed E-state index contributed by atoms with van der Waals surface area (Å²) in [5.41, 5.74) is -0.0720. The van der Waals surface area contributed by atoms with E-state index in [-0.39, 0.29) is 5.97 Å². The van der Waals surface area contributed by atoms with Gasteiger partial charge >= 0.3 is 5.97 Å². The normalized spacial score (nSPS) is 22.8. The fourth-order valence-electron chi connectivity index (χ4n) is 2.46. The number of para-hydroxylation sites is 1. The van der Waals surface area contributed by atoms with Crippen molar-refractivity contribution in [3.63, 3.8) is 0 Å². The Morgan fingerprint density at radius 1 is 1.59 bits per heavy atom. The quantitative estimate of drug-likeness (QED) is 0.635. The first-order valence-electron chi connectivity index (χ1n) is 6.91. The van der Waals surface area contributed by atoms with Gasteiger partial charge in [0.15, 0.2) is 5.62 Å². The molecule has 0 radical (unpaired) electrons. The second kappa shape index (κ2) is 6.72. The fourth-order valence-corrected chi connectivity index (χ4v) is 7.39. The Hall–Kier alpha value is -0.850. The van der Waals surface area contributed by atoms with Gasteiger partial charge < -0.3 is 14.2 Å². The monoisotopic (exact) mass is 356 g/mol. The number of H-pyrrole nitrogens is 1. The van der Waals surface area contributed by atoms with E-state index in [2.05, 4.69) is 10.1 Å². The van der Waals surface area contributed by atoms with Gasteiger partial charge in [0.1, 0.15) is 6.04 Å². The van der Waals surface area contributed by atoms with Crippen LogP contribution < -0.4 is 5.09 Å². The largest absolute Gasteiger partial charge is 0.468 e. The van der Waals surface area contributed by atoms with E-state index in [4.69, 9.17) is 21.1 Å². The van der Waals surface area contributed by atoms with Gasteiger partial charge in [-0.2, -0.15) is 0 Å². The van der Waals surface area contributed by atoms with Gasteiger partial charge in [0.05, 0.1) is 13.7 Å². The van der Waals surface area contributed by atoms with Crippen molar-refractivity contribution in [1.82, 2.24) is 10.1 Å². The maximum Gasteiger partial charge on any atom is 0.323 e. The molecule has 0 amide bonds. The van der Waals surface area contributed by atoms with Crippen LogP contribution in [0.15, 0.2) is 30.5 Å². The van der Waals surface area contributed by atoms with Crippen molar-refractivity contribution in [3.05, 3.63) is 36.0 Å². The minimum atomic E-state index is -2.18. The highest BCUT2D eigenvalue weighted by atomic mass is 32.9. The van der Waals surface area contributed by atoms with E-state index in [1.54, 1.807) is 11.4 Å². The Bertz CT molecular complexity index is 724. The van der Waals surface area contributed by atoms with Gasteiger partial charge in [-0.1, -0.05) is 29.6 Å². The van der Waals surface area contributed by atoms with E-state index in [1.165, 1.54) is 7.11 Å². The maximum atomic E-state index is 12.1. The van der Waals surface area contributed by atoms with Gasteiger partial charge in [0, 0.05) is 29.3 Å². The highest BCUT2D eigenvalue weighted by Gasteiger charge is 2.31. The molecule has 2 N–H and O–H groups in total. The highest BCUT2D eigenvalue weighted by molar-refractivity contribution is 8.69. The molecular weight excluding hydrogens is 339 g/mol. The highest BCUT2D eigenvalue weighted by Crippen LogP contribution is 2.60. The van der Waals surface area contributed by atoms with Gasteiger partial charge in [0.25, 0.3) is 0 Å². The molecule has 1 aliphatic rings. The van der Waals surface area contributed by atoms with E-state index in [0.717, 1.165) is 22.2 Å². The Kier molecular flexibility index (Phi) is 4.90. The number of hydrogen-bond donors (Lipinski definition) is 2. The molecule has 1 aromatic heterocycles. The standard InChI is InChI=1S/C14H17N2O3PS2/c1-18-14(17)13(16-20(21)19-6-7-22-20)8-10-9-15-12-5-3-2-4-11(10)12/h2-5,9,13,15H,6-8H2,1H3,(H,16,21)/t13-,20?/m0/s1. The summed E-state index contributed by atoms with van der Waals surface area (Å²) in [4.78, 5) is 15.3. The number of rotatable bonds is 5. The molecule has 5 nitrogen and oxygen atoms in total. The fraction of sp³-hybridized carbons (Fsp3) is 0.357. The van der Waals surface area contributed by atoms with Crippen molar-refractivity contribution in [1.29, 1.82) is 0 Å². The summed E-state index contributed by atoms with van der Waals surface area (Å²) < 4.78 is 10.6. The van der Waals surface area contributed by atoms with E-state index >= 15 is 0 Å². The third kappa shape index (κ3) is 3.39. The smallest absolute Gasteiger partial charge is 0.323 e. The summed E-state index contributed by atoms with van der Waals surface area (Å²) in [6.45, 7) is 0.635. The Labute approximate surface area is 138 Å². The van der Waals surface area contributed by atoms with E-state index < -0.39 is 11.7 Å². The molecule has 0 bridgehead atoms. The molecular formula is C14H17N2O3PS2. The van der Waals surface area contributed by atoms with E-state index in [1.807, 2.05) is 30.5 Å². The third-order valence-electron chi connectivity index (χ3n) is 3.50. The zero-order valence-electron chi connectivity index (χ0n) is 12.1. The predicted octanol–water partition coefficient (Wildman–Crippen LogP) is 2.83. The molecule has 0 aliphatic carbocycles. The van der Waals surface area contributed by atoms with Crippen LogP contribution in [0.4, 0.5) is 0 Å². The molecule has 8 heteroatoms. The Balaban J connectivity index is 1.83. The molecule has 3 rings (SSSR count). The van der Waals surface area contributed by atoms with Crippen LogP contribution >= 0.6 is 17.0 Å². The van der Waals surface area contributed by atoms with Crippen LogP contribution in [-0.4, -0.2) is 36.5 Å². The van der Waals surface area contributed by atoms with Gasteiger partial charge in [-0.05, 0) is 23.4 Å². The summed E-state index contributed by atoms with van der Waals surface area (Å²) in [6.07, 6.45) is 2.44. The SMILES string of the molecule is COC(=O)[C@H](Cc1c[nH]c2ccccc12)NP1(=S)OCCS1. The first-order chi connectivity index (χ1) is 10.6. The van der Waals surface area contributed by atoms with E-state index in [0.29, 0.717) is 13.0 Å². The Morgan fingerprint density at radius 2 is 2.41 bits per heavy atom. The van der Waals surface area contributed by atoms with Crippen LogP contribution in [-0.2, 0) is 32.3 Å². The molecule has 1 aliphatic heterocycles.